The van der Waals surface area contributed by atoms with Gasteiger partial charge in [-0.15, -0.1) is 0 Å². The van der Waals surface area contributed by atoms with E-state index in [1.165, 1.54) is 12.8 Å². The quantitative estimate of drug-likeness (QED) is 0.903. The summed E-state index contributed by atoms with van der Waals surface area (Å²) in [6.45, 7) is 7.69. The van der Waals surface area contributed by atoms with E-state index in [0.29, 0.717) is 23.8 Å². The van der Waals surface area contributed by atoms with Gasteiger partial charge in [0.15, 0.2) is 5.82 Å². The van der Waals surface area contributed by atoms with Gasteiger partial charge in [-0.05, 0) is 44.7 Å². The smallest absolute Gasteiger partial charge is 0.315 e. The largest absolute Gasteiger partial charge is 0.351 e. The maximum absolute atomic E-state index is 11.8. The van der Waals surface area contributed by atoms with Crippen molar-refractivity contribution in [1.82, 2.24) is 19.9 Å². The maximum atomic E-state index is 11.8. The van der Waals surface area contributed by atoms with Crippen LogP contribution in [0.15, 0.2) is 4.52 Å². The van der Waals surface area contributed by atoms with Crippen LogP contribution in [0.1, 0.15) is 70.0 Å². The molecule has 7 nitrogen and oxygen atoms in total. The number of hydrogen-bond acceptors (Lipinski definition) is 5. The Morgan fingerprint density at radius 2 is 1.96 bits per heavy atom. The number of piperidine rings is 1. The highest BCUT2D eigenvalue weighted by Gasteiger charge is 2.33. The number of hydrogen-bond donors (Lipinski definition) is 1. The van der Waals surface area contributed by atoms with Crippen molar-refractivity contribution in [3.63, 3.8) is 0 Å². The second-order valence-corrected chi connectivity index (χ2v) is 7.76. The summed E-state index contributed by atoms with van der Waals surface area (Å²) in [6, 6.07) is 0.0690. The molecule has 1 unspecified atom stereocenters. The van der Waals surface area contributed by atoms with Gasteiger partial charge in [-0.3, -0.25) is 4.90 Å². The third-order valence-corrected chi connectivity index (χ3v) is 5.62. The van der Waals surface area contributed by atoms with Gasteiger partial charge in [-0.2, -0.15) is 4.98 Å². The van der Waals surface area contributed by atoms with Crippen LogP contribution in [0.25, 0.3) is 0 Å². The third-order valence-electron chi connectivity index (χ3n) is 5.62. The van der Waals surface area contributed by atoms with Crippen LogP contribution >= 0.6 is 0 Å². The molecule has 2 aliphatic heterocycles. The summed E-state index contributed by atoms with van der Waals surface area (Å²) >= 11 is 0. The monoisotopic (exact) mass is 349 g/mol. The highest BCUT2D eigenvalue weighted by Crippen LogP contribution is 2.30. The number of amides is 2. The van der Waals surface area contributed by atoms with E-state index in [1.807, 2.05) is 4.90 Å². The summed E-state index contributed by atoms with van der Waals surface area (Å²) < 4.78 is 5.36. The number of urea groups is 1. The van der Waals surface area contributed by atoms with Gasteiger partial charge in [-0.1, -0.05) is 31.8 Å². The molecule has 140 valence electrons. The van der Waals surface area contributed by atoms with E-state index in [1.54, 1.807) is 0 Å². The molecule has 0 aliphatic carbocycles. The second-order valence-electron chi connectivity index (χ2n) is 7.76. The van der Waals surface area contributed by atoms with E-state index in [-0.39, 0.29) is 6.03 Å². The van der Waals surface area contributed by atoms with Gasteiger partial charge in [0.2, 0.25) is 5.89 Å². The van der Waals surface area contributed by atoms with E-state index in [2.05, 4.69) is 28.9 Å². The summed E-state index contributed by atoms with van der Waals surface area (Å²) in [6.07, 6.45) is 6.77. The number of nitrogens with zero attached hydrogens (tertiary/aromatic N) is 4. The minimum atomic E-state index is -0.249. The number of carbonyl (C=O) groups is 1. The van der Waals surface area contributed by atoms with Crippen molar-refractivity contribution < 1.29 is 9.32 Å². The predicted molar refractivity (Wildman–Crippen MR) is 94.9 cm³/mol. The van der Waals surface area contributed by atoms with Crippen LogP contribution in [-0.4, -0.2) is 51.6 Å². The molecule has 0 saturated carbocycles. The van der Waals surface area contributed by atoms with E-state index in [9.17, 15) is 4.79 Å². The molecule has 0 aromatic carbocycles. The molecule has 2 aliphatic rings. The standard InChI is InChI=1S/C18H31N5O2/c1-13(2)17-20-16(25-21-17)12-22-10-7-14(8-11-22)15-6-4-3-5-9-23(15)18(19)24/h13-15H,3-12H2,1-2H3,(H2,19,24). The first kappa shape index (κ1) is 18.2. The molecule has 3 rings (SSSR count). The van der Waals surface area contributed by atoms with Gasteiger partial charge in [0.05, 0.1) is 6.54 Å². The molecule has 3 heterocycles. The zero-order valence-corrected chi connectivity index (χ0v) is 15.5. The molecule has 2 N–H and O–H groups in total. The zero-order chi connectivity index (χ0) is 17.8. The van der Waals surface area contributed by atoms with Crippen LogP contribution in [0.3, 0.4) is 0 Å². The molecule has 0 radical (unpaired) electrons. The first-order valence-electron chi connectivity index (χ1n) is 9.65. The summed E-state index contributed by atoms with van der Waals surface area (Å²) in [5.41, 5.74) is 5.64. The van der Waals surface area contributed by atoms with Crippen molar-refractivity contribution >= 4 is 6.03 Å². The highest BCUT2D eigenvalue weighted by atomic mass is 16.5. The number of nitrogens with two attached hydrogens (primary N) is 1. The molecule has 1 aromatic rings. The van der Waals surface area contributed by atoms with Crippen molar-refractivity contribution in [3.8, 4) is 0 Å². The van der Waals surface area contributed by atoms with Crippen molar-refractivity contribution in [2.24, 2.45) is 11.7 Å². The lowest BCUT2D eigenvalue weighted by Crippen LogP contribution is -2.49. The SMILES string of the molecule is CC(C)c1noc(CN2CCC(C3CCCCCN3C(N)=O)CC2)n1. The Labute approximate surface area is 149 Å². The lowest BCUT2D eigenvalue weighted by Gasteiger charge is -2.39. The van der Waals surface area contributed by atoms with E-state index in [0.717, 1.165) is 57.7 Å². The van der Waals surface area contributed by atoms with Gasteiger partial charge in [0.25, 0.3) is 0 Å². The number of rotatable bonds is 4. The Kier molecular flexibility index (Phi) is 5.93. The summed E-state index contributed by atoms with van der Waals surface area (Å²) in [5, 5.41) is 4.04. The number of aromatic nitrogens is 2. The van der Waals surface area contributed by atoms with Gasteiger partial charge < -0.3 is 15.2 Å². The first-order valence-corrected chi connectivity index (χ1v) is 9.65. The van der Waals surface area contributed by atoms with E-state index in [4.69, 9.17) is 10.3 Å². The fraction of sp³-hybridized carbons (Fsp3) is 0.833. The van der Waals surface area contributed by atoms with Crippen LogP contribution in [-0.2, 0) is 6.54 Å². The van der Waals surface area contributed by atoms with Crippen molar-refractivity contribution in [2.45, 2.75) is 70.9 Å². The molecular formula is C18H31N5O2. The van der Waals surface area contributed by atoms with E-state index >= 15 is 0 Å². The number of primary amides is 1. The molecule has 2 amide bonds. The fourth-order valence-corrected chi connectivity index (χ4v) is 4.15. The number of carbonyl (C=O) groups excluding carboxylic acids is 1. The van der Waals surface area contributed by atoms with Crippen LogP contribution in [0.4, 0.5) is 4.79 Å². The number of likely N-dealkylation sites (tertiary alicyclic amines) is 2. The molecule has 0 spiro atoms. The molecule has 2 fully saturated rings. The fourth-order valence-electron chi connectivity index (χ4n) is 4.15. The second kappa shape index (κ2) is 8.17. The van der Waals surface area contributed by atoms with Crippen LogP contribution in [0, 0.1) is 5.92 Å². The Morgan fingerprint density at radius 3 is 2.60 bits per heavy atom. The van der Waals surface area contributed by atoms with Crippen LogP contribution in [0.2, 0.25) is 0 Å². The molecule has 2 saturated heterocycles. The Morgan fingerprint density at radius 1 is 1.20 bits per heavy atom. The minimum absolute atomic E-state index is 0.249. The molecule has 1 aromatic heterocycles. The molecular weight excluding hydrogens is 318 g/mol. The average Bonchev–Trinajstić information content (AvgIpc) is 2.91. The van der Waals surface area contributed by atoms with Gasteiger partial charge in [0, 0.05) is 18.5 Å². The lowest BCUT2D eigenvalue weighted by molar-refractivity contribution is 0.0962. The molecule has 7 heteroatoms. The van der Waals surface area contributed by atoms with Crippen molar-refractivity contribution in [1.29, 1.82) is 0 Å². The molecule has 25 heavy (non-hydrogen) atoms. The van der Waals surface area contributed by atoms with Gasteiger partial charge in [-0.25, -0.2) is 4.79 Å². The molecule has 0 bridgehead atoms. The van der Waals surface area contributed by atoms with Crippen molar-refractivity contribution in [2.75, 3.05) is 19.6 Å². The molecule has 1 atom stereocenters. The summed E-state index contributed by atoms with van der Waals surface area (Å²) in [7, 11) is 0. The predicted octanol–water partition coefficient (Wildman–Crippen LogP) is 2.73. The Bertz CT molecular complexity index is 566. The van der Waals surface area contributed by atoms with Crippen molar-refractivity contribution in [3.05, 3.63) is 11.7 Å². The van der Waals surface area contributed by atoms with Crippen LogP contribution < -0.4 is 5.73 Å². The minimum Gasteiger partial charge on any atom is -0.351 e. The Hall–Kier alpha value is -1.63. The lowest BCUT2D eigenvalue weighted by atomic mass is 9.86. The Balaban J connectivity index is 1.54. The topological polar surface area (TPSA) is 88.5 Å². The third kappa shape index (κ3) is 4.51. The van der Waals surface area contributed by atoms with Crippen LogP contribution in [0.5, 0.6) is 0 Å². The average molecular weight is 349 g/mol. The maximum Gasteiger partial charge on any atom is 0.315 e. The normalized spacial score (nSPS) is 23.8. The van der Waals surface area contributed by atoms with Gasteiger partial charge >= 0.3 is 6.03 Å². The first-order chi connectivity index (χ1) is 12.0. The zero-order valence-electron chi connectivity index (χ0n) is 15.5. The summed E-state index contributed by atoms with van der Waals surface area (Å²) in [5.74, 6) is 2.32. The van der Waals surface area contributed by atoms with Gasteiger partial charge in [0.1, 0.15) is 0 Å². The summed E-state index contributed by atoms with van der Waals surface area (Å²) in [4.78, 5) is 20.6. The van der Waals surface area contributed by atoms with E-state index < -0.39 is 0 Å². The highest BCUT2D eigenvalue weighted by molar-refractivity contribution is 5.72.